The first-order valence-corrected chi connectivity index (χ1v) is 7.10. The van der Waals surface area contributed by atoms with Gasteiger partial charge in [0.15, 0.2) is 0 Å². The zero-order chi connectivity index (χ0) is 12.0. The van der Waals surface area contributed by atoms with Crippen molar-refractivity contribution in [3.8, 4) is 0 Å². The second kappa shape index (κ2) is 6.97. The van der Waals surface area contributed by atoms with Gasteiger partial charge in [0, 0.05) is 11.8 Å². The van der Waals surface area contributed by atoms with Gasteiger partial charge in [-0.15, -0.1) is 0 Å². The molecule has 0 radical (unpaired) electrons. The summed E-state index contributed by atoms with van der Waals surface area (Å²) in [4.78, 5) is 0. The van der Waals surface area contributed by atoms with E-state index in [0.717, 1.165) is 12.3 Å². The molecule has 0 fully saturated rings. The third kappa shape index (κ3) is 4.58. The lowest BCUT2D eigenvalue weighted by molar-refractivity contribution is 0.605. The molecule has 1 rings (SSSR count). The van der Waals surface area contributed by atoms with E-state index in [0.29, 0.717) is 11.3 Å². The monoisotopic (exact) mass is 237 g/mol. The molecule has 0 aliphatic rings. The van der Waals surface area contributed by atoms with Gasteiger partial charge in [0.1, 0.15) is 0 Å². The van der Waals surface area contributed by atoms with Crippen LogP contribution in [-0.2, 0) is 0 Å². The number of hydrogen-bond donors (Lipinski definition) is 1. The smallest absolute Gasteiger partial charge is 0.0411 e. The molecule has 16 heavy (non-hydrogen) atoms. The zero-order valence-corrected chi connectivity index (χ0v) is 11.6. The molecule has 1 unspecified atom stereocenters. The number of benzene rings is 1. The van der Waals surface area contributed by atoms with Gasteiger partial charge in [0.2, 0.25) is 0 Å². The van der Waals surface area contributed by atoms with Crippen molar-refractivity contribution in [1.29, 1.82) is 0 Å². The molecule has 1 aromatic carbocycles. The summed E-state index contributed by atoms with van der Waals surface area (Å²) in [5, 5.41) is 4.26. The van der Waals surface area contributed by atoms with Crippen molar-refractivity contribution in [1.82, 2.24) is 5.32 Å². The molecule has 0 heterocycles. The van der Waals surface area contributed by atoms with Crippen LogP contribution in [0.5, 0.6) is 0 Å². The van der Waals surface area contributed by atoms with Gasteiger partial charge in [0.25, 0.3) is 0 Å². The van der Waals surface area contributed by atoms with Crippen LogP contribution in [0.2, 0.25) is 0 Å². The summed E-state index contributed by atoms with van der Waals surface area (Å²) in [5.41, 5.74) is 2.75. The first-order valence-electron chi connectivity index (χ1n) is 6.05. The molecule has 0 saturated carbocycles. The Morgan fingerprint density at radius 3 is 2.62 bits per heavy atom. The van der Waals surface area contributed by atoms with Crippen molar-refractivity contribution in [2.45, 2.75) is 39.0 Å². The zero-order valence-electron chi connectivity index (χ0n) is 10.8. The summed E-state index contributed by atoms with van der Waals surface area (Å²) >= 11 is 2.02. The molecule has 1 N–H and O–H groups in total. The fraction of sp³-hybridized carbons (Fsp3) is 0.571. The highest BCUT2D eigenvalue weighted by Gasteiger charge is 2.10. The van der Waals surface area contributed by atoms with E-state index in [9.17, 15) is 0 Å². The van der Waals surface area contributed by atoms with Gasteiger partial charge in [-0.25, -0.2) is 0 Å². The van der Waals surface area contributed by atoms with Crippen LogP contribution in [0.1, 0.15) is 37.9 Å². The normalized spacial score (nSPS) is 13.1. The van der Waals surface area contributed by atoms with Crippen LogP contribution in [0.25, 0.3) is 0 Å². The molecular weight excluding hydrogens is 214 g/mol. The number of rotatable bonds is 6. The molecule has 0 spiro atoms. The minimum atomic E-state index is 0.484. The first-order chi connectivity index (χ1) is 7.63. The predicted octanol–water partition coefficient (Wildman–Crippen LogP) is 3.79. The SMILES string of the molecule is CCNC(CSC(C)C)c1cccc(C)c1. The van der Waals surface area contributed by atoms with Crippen LogP contribution in [0.15, 0.2) is 24.3 Å². The third-order valence-corrected chi connectivity index (χ3v) is 3.68. The molecule has 1 aromatic rings. The first kappa shape index (κ1) is 13.6. The molecule has 1 atom stereocenters. The van der Waals surface area contributed by atoms with E-state index in [1.165, 1.54) is 11.1 Å². The van der Waals surface area contributed by atoms with Crippen LogP contribution in [0, 0.1) is 6.92 Å². The summed E-state index contributed by atoms with van der Waals surface area (Å²) in [5.74, 6) is 1.15. The van der Waals surface area contributed by atoms with Crippen molar-refractivity contribution in [3.05, 3.63) is 35.4 Å². The maximum Gasteiger partial charge on any atom is 0.0411 e. The Morgan fingerprint density at radius 1 is 1.31 bits per heavy atom. The van der Waals surface area contributed by atoms with Crippen molar-refractivity contribution in [2.75, 3.05) is 12.3 Å². The summed E-state index contributed by atoms with van der Waals surface area (Å²) in [7, 11) is 0. The van der Waals surface area contributed by atoms with Crippen molar-refractivity contribution >= 4 is 11.8 Å². The van der Waals surface area contributed by atoms with Crippen LogP contribution < -0.4 is 5.32 Å². The van der Waals surface area contributed by atoms with Crippen molar-refractivity contribution in [2.24, 2.45) is 0 Å². The number of aryl methyl sites for hydroxylation is 1. The topological polar surface area (TPSA) is 12.0 Å². The Bertz CT molecular complexity index is 309. The molecular formula is C14H23NS. The van der Waals surface area contributed by atoms with Gasteiger partial charge in [-0.2, -0.15) is 11.8 Å². The van der Waals surface area contributed by atoms with E-state index in [1.54, 1.807) is 0 Å². The second-order valence-electron chi connectivity index (χ2n) is 4.41. The summed E-state index contributed by atoms with van der Waals surface area (Å²) in [6, 6.07) is 9.30. The average molecular weight is 237 g/mol. The molecule has 1 nitrogen and oxygen atoms in total. The minimum Gasteiger partial charge on any atom is -0.310 e. The Morgan fingerprint density at radius 2 is 2.06 bits per heavy atom. The highest BCUT2D eigenvalue weighted by Crippen LogP contribution is 2.21. The van der Waals surface area contributed by atoms with Gasteiger partial charge in [0.05, 0.1) is 0 Å². The van der Waals surface area contributed by atoms with Gasteiger partial charge >= 0.3 is 0 Å². The van der Waals surface area contributed by atoms with Crippen molar-refractivity contribution in [3.63, 3.8) is 0 Å². The molecule has 2 heteroatoms. The van der Waals surface area contributed by atoms with Crippen LogP contribution in [0.3, 0.4) is 0 Å². The molecule has 0 amide bonds. The van der Waals surface area contributed by atoms with Crippen LogP contribution >= 0.6 is 11.8 Å². The quantitative estimate of drug-likeness (QED) is 0.808. The van der Waals surface area contributed by atoms with Crippen LogP contribution in [0.4, 0.5) is 0 Å². The third-order valence-electron chi connectivity index (χ3n) is 2.49. The number of nitrogens with one attached hydrogen (secondary N) is 1. The molecule has 0 bridgehead atoms. The summed E-state index contributed by atoms with van der Waals surface area (Å²) in [6.45, 7) is 9.86. The Balaban J connectivity index is 2.68. The Hall–Kier alpha value is -0.470. The van der Waals surface area contributed by atoms with Crippen molar-refractivity contribution < 1.29 is 0 Å². The summed E-state index contributed by atoms with van der Waals surface area (Å²) < 4.78 is 0. The number of hydrogen-bond acceptors (Lipinski definition) is 2. The highest BCUT2D eigenvalue weighted by atomic mass is 32.2. The van der Waals surface area contributed by atoms with Gasteiger partial charge in [-0.05, 0) is 24.3 Å². The lowest BCUT2D eigenvalue weighted by Crippen LogP contribution is -2.23. The standard InChI is InChI=1S/C14H23NS/c1-5-15-14(10-16-11(2)3)13-8-6-7-12(4)9-13/h6-9,11,14-15H,5,10H2,1-4H3. The van der Waals surface area contributed by atoms with Gasteiger partial charge < -0.3 is 5.32 Å². The van der Waals surface area contributed by atoms with Gasteiger partial charge in [-0.1, -0.05) is 50.6 Å². The fourth-order valence-electron chi connectivity index (χ4n) is 1.69. The predicted molar refractivity (Wildman–Crippen MR) is 75.2 cm³/mol. The van der Waals surface area contributed by atoms with Gasteiger partial charge in [-0.3, -0.25) is 0 Å². The van der Waals surface area contributed by atoms with E-state index in [-0.39, 0.29) is 0 Å². The number of thioether (sulfide) groups is 1. The Kier molecular flexibility index (Phi) is 5.93. The van der Waals surface area contributed by atoms with E-state index in [2.05, 4.69) is 57.3 Å². The summed E-state index contributed by atoms with van der Waals surface area (Å²) in [6.07, 6.45) is 0. The molecule has 90 valence electrons. The lowest BCUT2D eigenvalue weighted by atomic mass is 10.1. The largest absolute Gasteiger partial charge is 0.310 e. The van der Waals surface area contributed by atoms with Crippen LogP contribution in [-0.4, -0.2) is 17.5 Å². The minimum absolute atomic E-state index is 0.484. The van der Waals surface area contributed by atoms with E-state index in [1.807, 2.05) is 11.8 Å². The average Bonchev–Trinajstić information content (AvgIpc) is 2.24. The lowest BCUT2D eigenvalue weighted by Gasteiger charge is -2.19. The highest BCUT2D eigenvalue weighted by molar-refractivity contribution is 7.99. The maximum absolute atomic E-state index is 3.56. The van der Waals surface area contributed by atoms with E-state index >= 15 is 0 Å². The second-order valence-corrected chi connectivity index (χ2v) is 6.02. The molecule has 0 saturated heterocycles. The Labute approximate surface area is 104 Å². The molecule has 0 aliphatic heterocycles. The van der Waals surface area contributed by atoms with E-state index in [4.69, 9.17) is 0 Å². The maximum atomic E-state index is 3.56. The van der Waals surface area contributed by atoms with E-state index < -0.39 is 0 Å². The molecule has 0 aliphatic carbocycles. The fourth-order valence-corrected chi connectivity index (χ4v) is 2.58. The molecule has 0 aromatic heterocycles.